The molecule has 0 aliphatic carbocycles. The molecule has 0 spiro atoms. The number of oxazole rings is 1. The van der Waals surface area contributed by atoms with Crippen LogP contribution < -0.4 is 0 Å². The Balaban J connectivity index is 1.88. The number of hydrogen-bond donors (Lipinski definition) is 0. The van der Waals surface area contributed by atoms with Crippen molar-refractivity contribution in [3.8, 4) is 17.7 Å². The maximum absolute atomic E-state index is 9.08. The minimum atomic E-state index is 0.307. The van der Waals surface area contributed by atoms with Crippen LogP contribution in [0.25, 0.3) is 11.6 Å². The molecule has 0 fully saturated rings. The first-order valence-corrected chi connectivity index (χ1v) is 7.16. The van der Waals surface area contributed by atoms with E-state index in [1.807, 2.05) is 29.2 Å². The standard InChI is InChI=1S/C17H15N5O/c1-3-19-16(12(2)10-18)22-9-7-15-14(11-22)21-17(23-15)13-6-4-5-8-20-13/h3-6,8H,1-2,7,9,11H2. The van der Waals surface area contributed by atoms with Crippen LogP contribution in [-0.4, -0.2) is 27.2 Å². The van der Waals surface area contributed by atoms with E-state index in [0.717, 1.165) is 11.5 Å². The van der Waals surface area contributed by atoms with Crippen LogP contribution in [0.2, 0.25) is 0 Å². The van der Waals surface area contributed by atoms with E-state index in [0.29, 0.717) is 42.5 Å². The molecule has 6 nitrogen and oxygen atoms in total. The Kier molecular flexibility index (Phi) is 4.02. The van der Waals surface area contributed by atoms with Gasteiger partial charge < -0.3 is 9.32 Å². The van der Waals surface area contributed by atoms with Crippen molar-refractivity contribution in [2.45, 2.75) is 13.0 Å². The molecule has 0 unspecified atom stereocenters. The minimum Gasteiger partial charge on any atom is -0.439 e. The van der Waals surface area contributed by atoms with E-state index in [1.54, 1.807) is 6.20 Å². The summed E-state index contributed by atoms with van der Waals surface area (Å²) in [6.07, 6.45) is 3.80. The smallest absolute Gasteiger partial charge is 0.245 e. The first kappa shape index (κ1) is 14.7. The quantitative estimate of drug-likeness (QED) is 0.495. The Hall–Kier alpha value is -3.20. The normalized spacial score (nSPS) is 14.0. The van der Waals surface area contributed by atoms with Gasteiger partial charge in [0.2, 0.25) is 5.89 Å². The highest BCUT2D eigenvalue weighted by molar-refractivity contribution is 6.01. The summed E-state index contributed by atoms with van der Waals surface area (Å²) in [5, 5.41) is 9.08. The first-order chi connectivity index (χ1) is 11.2. The molecule has 0 amide bonds. The summed E-state index contributed by atoms with van der Waals surface area (Å²) < 4.78 is 5.82. The number of rotatable bonds is 3. The fraction of sp³-hybridized carbons (Fsp3) is 0.176. The van der Waals surface area contributed by atoms with Gasteiger partial charge in [-0.2, -0.15) is 5.26 Å². The van der Waals surface area contributed by atoms with Crippen molar-refractivity contribution in [2.24, 2.45) is 4.99 Å². The number of pyridine rings is 1. The van der Waals surface area contributed by atoms with E-state index < -0.39 is 0 Å². The molecule has 1 aliphatic rings. The summed E-state index contributed by atoms with van der Waals surface area (Å²) >= 11 is 0. The van der Waals surface area contributed by atoms with Crippen LogP contribution in [0.3, 0.4) is 0 Å². The van der Waals surface area contributed by atoms with Crippen molar-refractivity contribution < 1.29 is 4.42 Å². The molecular weight excluding hydrogens is 290 g/mol. The van der Waals surface area contributed by atoms with Crippen LogP contribution >= 0.6 is 0 Å². The number of fused-ring (bicyclic) bond motifs is 1. The summed E-state index contributed by atoms with van der Waals surface area (Å²) in [6.45, 7) is 8.52. The Morgan fingerprint density at radius 1 is 1.48 bits per heavy atom. The van der Waals surface area contributed by atoms with Crippen molar-refractivity contribution in [2.75, 3.05) is 6.54 Å². The minimum absolute atomic E-state index is 0.307. The Morgan fingerprint density at radius 3 is 3.04 bits per heavy atom. The number of aromatic nitrogens is 2. The van der Waals surface area contributed by atoms with Gasteiger partial charge in [0.1, 0.15) is 29.1 Å². The van der Waals surface area contributed by atoms with Gasteiger partial charge >= 0.3 is 0 Å². The molecule has 1 aliphatic heterocycles. The third kappa shape index (κ3) is 2.90. The van der Waals surface area contributed by atoms with Crippen molar-refractivity contribution in [3.05, 3.63) is 60.8 Å². The molecule has 2 aromatic rings. The third-order valence-electron chi connectivity index (χ3n) is 3.53. The van der Waals surface area contributed by atoms with E-state index in [2.05, 4.69) is 28.1 Å². The lowest BCUT2D eigenvalue weighted by Crippen LogP contribution is -2.36. The molecule has 3 rings (SSSR count). The monoisotopic (exact) mass is 305 g/mol. The number of hydrogen-bond acceptors (Lipinski definition) is 5. The van der Waals surface area contributed by atoms with Gasteiger partial charge in [-0.1, -0.05) is 19.2 Å². The molecule has 0 saturated heterocycles. The van der Waals surface area contributed by atoms with Crippen LogP contribution in [0.1, 0.15) is 11.5 Å². The van der Waals surface area contributed by atoms with Crippen molar-refractivity contribution >= 4 is 5.84 Å². The second kappa shape index (κ2) is 6.28. The average Bonchev–Trinajstić information content (AvgIpc) is 3.03. The topological polar surface area (TPSA) is 78.3 Å². The predicted octanol–water partition coefficient (Wildman–Crippen LogP) is 2.72. The number of nitriles is 1. The molecule has 0 atom stereocenters. The van der Waals surface area contributed by atoms with E-state index in [1.165, 1.54) is 6.20 Å². The SMILES string of the molecule is C=CN=C(C(=C)C#N)N1CCc2oc(-c3ccccn3)nc2C1. The fourth-order valence-corrected chi connectivity index (χ4v) is 2.47. The average molecular weight is 305 g/mol. The predicted molar refractivity (Wildman–Crippen MR) is 86.2 cm³/mol. The van der Waals surface area contributed by atoms with E-state index in [4.69, 9.17) is 9.68 Å². The van der Waals surface area contributed by atoms with Gasteiger partial charge in [0.05, 0.1) is 12.1 Å². The summed E-state index contributed by atoms with van der Waals surface area (Å²) in [6, 6.07) is 7.63. The maximum Gasteiger partial charge on any atom is 0.245 e. The Bertz CT molecular complexity index is 813. The van der Waals surface area contributed by atoms with Crippen molar-refractivity contribution in [3.63, 3.8) is 0 Å². The number of nitrogens with zero attached hydrogens (tertiary/aromatic N) is 5. The highest BCUT2D eigenvalue weighted by Crippen LogP contribution is 2.25. The molecule has 0 bridgehead atoms. The molecule has 6 heteroatoms. The highest BCUT2D eigenvalue weighted by Gasteiger charge is 2.26. The summed E-state index contributed by atoms with van der Waals surface area (Å²) in [4.78, 5) is 14.9. The summed E-state index contributed by atoms with van der Waals surface area (Å²) in [7, 11) is 0. The first-order valence-electron chi connectivity index (χ1n) is 7.16. The fourth-order valence-electron chi connectivity index (χ4n) is 2.47. The molecule has 114 valence electrons. The van der Waals surface area contributed by atoms with Gasteiger partial charge in [0.25, 0.3) is 0 Å². The largest absolute Gasteiger partial charge is 0.439 e. The van der Waals surface area contributed by atoms with Crippen LogP contribution in [0, 0.1) is 11.3 Å². The molecule has 0 radical (unpaired) electrons. The molecule has 3 heterocycles. The van der Waals surface area contributed by atoms with Crippen LogP contribution in [0.15, 0.2) is 58.7 Å². The summed E-state index contributed by atoms with van der Waals surface area (Å²) in [5.41, 5.74) is 1.84. The van der Waals surface area contributed by atoms with Crippen molar-refractivity contribution in [1.82, 2.24) is 14.9 Å². The zero-order chi connectivity index (χ0) is 16.2. The molecule has 0 saturated carbocycles. The highest BCUT2D eigenvalue weighted by atomic mass is 16.4. The van der Waals surface area contributed by atoms with Gasteiger partial charge in [0.15, 0.2) is 0 Å². The van der Waals surface area contributed by atoms with E-state index in [9.17, 15) is 0 Å². The number of amidine groups is 1. The van der Waals surface area contributed by atoms with Gasteiger partial charge in [-0.25, -0.2) is 9.98 Å². The van der Waals surface area contributed by atoms with Crippen LogP contribution in [-0.2, 0) is 13.0 Å². The van der Waals surface area contributed by atoms with Gasteiger partial charge in [-0.15, -0.1) is 0 Å². The zero-order valence-electron chi connectivity index (χ0n) is 12.6. The van der Waals surface area contributed by atoms with E-state index >= 15 is 0 Å². The molecular formula is C17H15N5O. The van der Waals surface area contributed by atoms with Gasteiger partial charge in [-0.05, 0) is 12.1 Å². The van der Waals surface area contributed by atoms with Crippen LogP contribution in [0.4, 0.5) is 0 Å². The maximum atomic E-state index is 9.08. The number of aliphatic imine (C=N–C) groups is 1. The summed E-state index contributed by atoms with van der Waals surface area (Å²) in [5.74, 6) is 1.89. The molecule has 23 heavy (non-hydrogen) atoms. The lowest BCUT2D eigenvalue weighted by molar-refractivity contribution is 0.360. The lowest BCUT2D eigenvalue weighted by atomic mass is 10.1. The van der Waals surface area contributed by atoms with Crippen LogP contribution in [0.5, 0.6) is 0 Å². The second-order valence-corrected chi connectivity index (χ2v) is 5.00. The van der Waals surface area contributed by atoms with E-state index in [-0.39, 0.29) is 0 Å². The third-order valence-corrected chi connectivity index (χ3v) is 3.53. The molecule has 0 aromatic carbocycles. The zero-order valence-corrected chi connectivity index (χ0v) is 12.6. The Labute approximate surface area is 134 Å². The Morgan fingerprint density at radius 2 is 2.35 bits per heavy atom. The molecule has 2 aromatic heterocycles. The van der Waals surface area contributed by atoms with Gasteiger partial charge in [0, 0.05) is 25.4 Å². The molecule has 0 N–H and O–H groups in total. The lowest BCUT2D eigenvalue weighted by Gasteiger charge is -2.27. The van der Waals surface area contributed by atoms with Gasteiger partial charge in [-0.3, -0.25) is 4.98 Å². The second-order valence-electron chi connectivity index (χ2n) is 5.00. The van der Waals surface area contributed by atoms with Crippen molar-refractivity contribution in [1.29, 1.82) is 5.26 Å².